The minimum Gasteiger partial charge on any atom is -0.481 e. The minimum atomic E-state index is -0.675. The Morgan fingerprint density at radius 3 is 1.67 bits per heavy atom. The number of esters is 1. The first-order valence-electron chi connectivity index (χ1n) is 11.6. The fourth-order valence-corrected chi connectivity index (χ4v) is 2.74. The van der Waals surface area contributed by atoms with Gasteiger partial charge >= 0.3 is 11.9 Å². The Hall–Kier alpha value is -1.58. The molecule has 0 radical (unpaired) electrons. The maximum Gasteiger partial charge on any atom is 0.306 e. The second-order valence-corrected chi connectivity index (χ2v) is 9.11. The lowest BCUT2D eigenvalue weighted by atomic mass is 9.94. The molecule has 0 fully saturated rings. The molecule has 30 heavy (non-hydrogen) atoms. The van der Waals surface area contributed by atoms with Crippen molar-refractivity contribution in [3.63, 3.8) is 0 Å². The molecule has 0 spiro atoms. The van der Waals surface area contributed by atoms with Crippen LogP contribution in [-0.2, 0) is 14.3 Å². The van der Waals surface area contributed by atoms with Crippen LogP contribution in [0.4, 0.5) is 0 Å². The van der Waals surface area contributed by atoms with Crippen molar-refractivity contribution in [2.45, 2.75) is 107 Å². The summed E-state index contributed by atoms with van der Waals surface area (Å²) >= 11 is 0. The van der Waals surface area contributed by atoms with E-state index in [1.54, 1.807) is 6.92 Å². The van der Waals surface area contributed by atoms with E-state index in [-0.39, 0.29) is 11.9 Å². The molecule has 0 saturated heterocycles. The fraction of sp³-hybridized carbons (Fsp3) is 0.769. The van der Waals surface area contributed by atoms with Crippen molar-refractivity contribution in [3.05, 3.63) is 23.3 Å². The molecule has 4 heteroatoms. The van der Waals surface area contributed by atoms with Gasteiger partial charge in [0.05, 0.1) is 12.5 Å². The molecule has 0 aromatic heterocycles. The molecule has 0 aliphatic rings. The first kappa shape index (κ1) is 30.6. The van der Waals surface area contributed by atoms with Gasteiger partial charge in [0.15, 0.2) is 0 Å². The number of rotatable bonds is 14. The van der Waals surface area contributed by atoms with Gasteiger partial charge in [-0.25, -0.2) is 0 Å². The number of hydrogen-bond donors (Lipinski definition) is 1. The first-order chi connectivity index (χ1) is 14.0. The zero-order valence-corrected chi connectivity index (χ0v) is 20.9. The molecule has 0 bridgehead atoms. The van der Waals surface area contributed by atoms with Gasteiger partial charge in [-0.3, -0.25) is 9.59 Å². The molecule has 1 N–H and O–H groups in total. The molecular weight excluding hydrogens is 376 g/mol. The molecule has 3 atom stereocenters. The highest BCUT2D eigenvalue weighted by molar-refractivity contribution is 5.69. The number of aliphatic carboxylic acids is 1. The summed E-state index contributed by atoms with van der Waals surface area (Å²) in [6.07, 6.45) is 12.4. The number of allylic oxidation sites excluding steroid dienone is 4. The standard InChI is InChI=1S/2C13H24O2/c1-10(2)6-5-7-11(3)8-9-12(4)13(14)15;1-5-13(14)15-10-9-12(4)8-6-7-11(2)3/h6,11-12H,5,7-9H2,1-4H3,(H,14,15);7,12H,5-6,8-10H2,1-4H3. The maximum absolute atomic E-state index is 10.9. The van der Waals surface area contributed by atoms with Crippen molar-refractivity contribution < 1.29 is 19.4 Å². The van der Waals surface area contributed by atoms with Gasteiger partial charge in [-0.15, -0.1) is 0 Å². The molecule has 176 valence electrons. The van der Waals surface area contributed by atoms with Crippen molar-refractivity contribution in [2.75, 3.05) is 6.61 Å². The second kappa shape index (κ2) is 19.4. The van der Waals surface area contributed by atoms with Crippen LogP contribution >= 0.6 is 0 Å². The molecule has 0 rings (SSSR count). The second-order valence-electron chi connectivity index (χ2n) is 9.11. The molecular formula is C26H48O4. The summed E-state index contributed by atoms with van der Waals surface area (Å²) in [5.41, 5.74) is 2.74. The molecule has 3 unspecified atom stereocenters. The van der Waals surface area contributed by atoms with Crippen LogP contribution < -0.4 is 0 Å². The molecule has 0 aliphatic carbocycles. The molecule has 0 aromatic carbocycles. The Morgan fingerprint density at radius 2 is 1.27 bits per heavy atom. The summed E-state index contributed by atoms with van der Waals surface area (Å²) in [6, 6.07) is 0. The molecule has 0 aliphatic heterocycles. The summed E-state index contributed by atoms with van der Waals surface area (Å²) in [5.74, 6) is 0.293. The van der Waals surface area contributed by atoms with E-state index in [9.17, 15) is 9.59 Å². The monoisotopic (exact) mass is 424 g/mol. The molecule has 0 aromatic rings. The van der Waals surface area contributed by atoms with Gasteiger partial charge in [0, 0.05) is 6.42 Å². The summed E-state index contributed by atoms with van der Waals surface area (Å²) in [7, 11) is 0. The molecule has 0 heterocycles. The predicted molar refractivity (Wildman–Crippen MR) is 128 cm³/mol. The van der Waals surface area contributed by atoms with E-state index in [2.05, 4.69) is 53.7 Å². The van der Waals surface area contributed by atoms with Crippen LogP contribution in [-0.4, -0.2) is 23.7 Å². The third kappa shape index (κ3) is 22.7. The van der Waals surface area contributed by atoms with Crippen molar-refractivity contribution in [1.82, 2.24) is 0 Å². The molecule has 0 saturated carbocycles. The lowest BCUT2D eigenvalue weighted by Crippen LogP contribution is -2.10. The van der Waals surface area contributed by atoms with Crippen LogP contribution in [0.1, 0.15) is 107 Å². The Morgan fingerprint density at radius 1 is 0.800 bits per heavy atom. The highest BCUT2D eigenvalue weighted by Gasteiger charge is 2.12. The van der Waals surface area contributed by atoms with E-state index in [4.69, 9.17) is 9.84 Å². The number of carbonyl (C=O) groups is 2. The lowest BCUT2D eigenvalue weighted by Gasteiger charge is -2.11. The van der Waals surface area contributed by atoms with Gasteiger partial charge in [-0.1, -0.05) is 51.0 Å². The van der Waals surface area contributed by atoms with Crippen LogP contribution in [0, 0.1) is 17.8 Å². The van der Waals surface area contributed by atoms with E-state index in [0.717, 1.165) is 38.5 Å². The number of ether oxygens (including phenoxy) is 1. The summed E-state index contributed by atoms with van der Waals surface area (Å²) in [4.78, 5) is 21.5. The van der Waals surface area contributed by atoms with Gasteiger partial charge in [0.1, 0.15) is 0 Å². The van der Waals surface area contributed by atoms with E-state index >= 15 is 0 Å². The maximum atomic E-state index is 10.9. The van der Waals surface area contributed by atoms with E-state index in [0.29, 0.717) is 24.9 Å². The van der Waals surface area contributed by atoms with Crippen molar-refractivity contribution in [3.8, 4) is 0 Å². The highest BCUT2D eigenvalue weighted by atomic mass is 16.5. The van der Waals surface area contributed by atoms with Gasteiger partial charge < -0.3 is 9.84 Å². The van der Waals surface area contributed by atoms with Crippen molar-refractivity contribution in [2.24, 2.45) is 17.8 Å². The van der Waals surface area contributed by atoms with Crippen molar-refractivity contribution in [1.29, 1.82) is 0 Å². The van der Waals surface area contributed by atoms with Crippen LogP contribution in [0.3, 0.4) is 0 Å². The SMILES string of the molecule is CC(C)=CCCC(C)CCC(C)C(=O)O.CCC(=O)OCCC(C)CCC=C(C)C. The summed E-state index contributed by atoms with van der Waals surface area (Å²) < 4.78 is 5.03. The Kier molecular flexibility index (Phi) is 19.8. The molecule has 4 nitrogen and oxygen atoms in total. The zero-order valence-electron chi connectivity index (χ0n) is 20.9. The number of carboxylic acid groups (broad SMARTS) is 1. The van der Waals surface area contributed by atoms with Crippen LogP contribution in [0.2, 0.25) is 0 Å². The van der Waals surface area contributed by atoms with E-state index in [1.807, 2.05) is 6.92 Å². The number of carbonyl (C=O) groups excluding carboxylic acids is 1. The third-order valence-corrected chi connectivity index (χ3v) is 5.10. The highest BCUT2D eigenvalue weighted by Crippen LogP contribution is 2.17. The summed E-state index contributed by atoms with van der Waals surface area (Å²) in [5, 5.41) is 8.73. The van der Waals surface area contributed by atoms with E-state index in [1.165, 1.54) is 17.6 Å². The van der Waals surface area contributed by atoms with Crippen LogP contribution in [0.15, 0.2) is 23.3 Å². The van der Waals surface area contributed by atoms with Gasteiger partial charge in [0.25, 0.3) is 0 Å². The average Bonchev–Trinajstić information content (AvgIpc) is 2.65. The van der Waals surface area contributed by atoms with Gasteiger partial charge in [0.2, 0.25) is 0 Å². The quantitative estimate of drug-likeness (QED) is 0.230. The Balaban J connectivity index is 0. The minimum absolute atomic E-state index is 0.0912. The van der Waals surface area contributed by atoms with Gasteiger partial charge in [-0.2, -0.15) is 0 Å². The zero-order chi connectivity index (χ0) is 23.5. The normalized spacial score (nSPS) is 13.2. The topological polar surface area (TPSA) is 63.6 Å². The predicted octanol–water partition coefficient (Wildman–Crippen LogP) is 7.58. The largest absolute Gasteiger partial charge is 0.481 e. The van der Waals surface area contributed by atoms with Crippen molar-refractivity contribution >= 4 is 11.9 Å². The summed E-state index contributed by atoms with van der Waals surface area (Å²) in [6.45, 7) is 17.0. The number of hydrogen-bond acceptors (Lipinski definition) is 3. The Labute approximate surface area is 186 Å². The van der Waals surface area contributed by atoms with Crippen LogP contribution in [0.5, 0.6) is 0 Å². The fourth-order valence-electron chi connectivity index (χ4n) is 2.74. The lowest BCUT2D eigenvalue weighted by molar-refractivity contribution is -0.143. The third-order valence-electron chi connectivity index (χ3n) is 5.10. The van der Waals surface area contributed by atoms with E-state index < -0.39 is 5.97 Å². The molecule has 0 amide bonds. The first-order valence-corrected chi connectivity index (χ1v) is 11.6. The average molecular weight is 425 g/mol. The Bertz CT molecular complexity index is 509. The van der Waals surface area contributed by atoms with Gasteiger partial charge in [-0.05, 0) is 84.5 Å². The smallest absolute Gasteiger partial charge is 0.306 e. The number of carboxylic acids is 1. The van der Waals surface area contributed by atoms with Crippen LogP contribution in [0.25, 0.3) is 0 Å².